The van der Waals surface area contributed by atoms with Crippen molar-refractivity contribution in [2.24, 2.45) is 0 Å². The maximum absolute atomic E-state index is 13.2. The Labute approximate surface area is 198 Å². The third kappa shape index (κ3) is 3.71. The monoisotopic (exact) mass is 476 g/mol. The molecule has 166 valence electrons. The molecule has 6 nitrogen and oxygen atoms in total. The Morgan fingerprint density at radius 3 is 2.64 bits per heavy atom. The largest absolute Gasteiger partial charge is 0.507 e. The number of anilines is 1. The van der Waals surface area contributed by atoms with E-state index in [4.69, 9.17) is 4.74 Å². The predicted octanol–water partition coefficient (Wildman–Crippen LogP) is 5.69. The average Bonchev–Trinajstić information content (AvgIpc) is 3.53. The number of ketones is 1. The standard InChI is InChI=1S/C25H20N2O4S2/c1-3-31-16-9-7-15(8-10-16)22(28)20-21(18-5-4-12-32-18)27(24(30)23(20)29)25-26-17-11-6-14(2)13-19(17)33-25/h4-13,21,28H,3H2,1-2H3/b22-20+. The quantitative estimate of drug-likeness (QED) is 0.227. The highest BCUT2D eigenvalue weighted by Crippen LogP contribution is 2.45. The molecule has 1 unspecified atom stereocenters. The van der Waals surface area contributed by atoms with Gasteiger partial charge in [0.15, 0.2) is 5.13 Å². The van der Waals surface area contributed by atoms with Crippen molar-refractivity contribution in [1.29, 1.82) is 0 Å². The number of benzene rings is 2. The van der Waals surface area contributed by atoms with Crippen LogP contribution in [0.15, 0.2) is 65.6 Å². The van der Waals surface area contributed by atoms with Crippen LogP contribution in [0.5, 0.6) is 5.75 Å². The summed E-state index contributed by atoms with van der Waals surface area (Å²) in [6, 6.07) is 15.7. The number of carbonyl (C=O) groups excluding carboxylic acids is 2. The summed E-state index contributed by atoms with van der Waals surface area (Å²) in [5.41, 5.74) is 2.35. The van der Waals surface area contributed by atoms with Crippen molar-refractivity contribution < 1.29 is 19.4 Å². The van der Waals surface area contributed by atoms with Gasteiger partial charge in [0.05, 0.1) is 22.4 Å². The smallest absolute Gasteiger partial charge is 0.301 e. The fourth-order valence-electron chi connectivity index (χ4n) is 3.90. The maximum atomic E-state index is 13.2. The molecule has 2 aromatic carbocycles. The molecule has 1 fully saturated rings. The summed E-state index contributed by atoms with van der Waals surface area (Å²) >= 11 is 2.78. The summed E-state index contributed by atoms with van der Waals surface area (Å²) in [6.07, 6.45) is 0. The summed E-state index contributed by atoms with van der Waals surface area (Å²) < 4.78 is 6.40. The zero-order chi connectivity index (χ0) is 23.1. The van der Waals surface area contributed by atoms with E-state index in [0.29, 0.717) is 23.1 Å². The highest BCUT2D eigenvalue weighted by Gasteiger charge is 2.48. The van der Waals surface area contributed by atoms with E-state index in [2.05, 4.69) is 4.98 Å². The first kappa shape index (κ1) is 21.4. The molecule has 2 aromatic heterocycles. The zero-order valence-electron chi connectivity index (χ0n) is 17.9. The second-order valence-corrected chi connectivity index (χ2v) is 9.60. The molecule has 1 N–H and O–H groups in total. The van der Waals surface area contributed by atoms with Gasteiger partial charge in [-0.2, -0.15) is 0 Å². The lowest BCUT2D eigenvalue weighted by Crippen LogP contribution is -2.28. The number of amides is 1. The van der Waals surface area contributed by atoms with E-state index in [1.807, 2.05) is 49.6 Å². The van der Waals surface area contributed by atoms with Crippen molar-refractivity contribution in [2.45, 2.75) is 19.9 Å². The summed E-state index contributed by atoms with van der Waals surface area (Å²) in [5.74, 6) is -0.977. The number of aliphatic hydroxyl groups is 1. The molecule has 0 spiro atoms. The van der Waals surface area contributed by atoms with Crippen LogP contribution in [0.25, 0.3) is 16.0 Å². The summed E-state index contributed by atoms with van der Waals surface area (Å²) in [6.45, 7) is 4.41. The molecule has 1 saturated heterocycles. The molecule has 0 saturated carbocycles. The number of hydrogen-bond donors (Lipinski definition) is 1. The number of fused-ring (bicyclic) bond motifs is 1. The Balaban J connectivity index is 1.65. The molecule has 0 bridgehead atoms. The van der Waals surface area contributed by atoms with E-state index < -0.39 is 17.7 Å². The van der Waals surface area contributed by atoms with Gasteiger partial charge >= 0.3 is 5.91 Å². The van der Waals surface area contributed by atoms with Gasteiger partial charge in [0.1, 0.15) is 17.6 Å². The Bertz CT molecular complexity index is 1390. The molecule has 5 rings (SSSR count). The maximum Gasteiger partial charge on any atom is 0.301 e. The van der Waals surface area contributed by atoms with Gasteiger partial charge in [-0.05, 0) is 67.3 Å². The normalized spacial score (nSPS) is 17.8. The van der Waals surface area contributed by atoms with Gasteiger partial charge in [0, 0.05) is 10.4 Å². The van der Waals surface area contributed by atoms with Gasteiger partial charge < -0.3 is 9.84 Å². The molecule has 3 heterocycles. The Morgan fingerprint density at radius 1 is 1.15 bits per heavy atom. The van der Waals surface area contributed by atoms with Gasteiger partial charge in [-0.25, -0.2) is 4.98 Å². The van der Waals surface area contributed by atoms with Gasteiger partial charge in [0.25, 0.3) is 5.78 Å². The predicted molar refractivity (Wildman–Crippen MR) is 131 cm³/mol. The molecule has 8 heteroatoms. The van der Waals surface area contributed by atoms with E-state index >= 15 is 0 Å². The molecule has 1 aliphatic rings. The lowest BCUT2D eigenvalue weighted by Gasteiger charge is -2.21. The second-order valence-electron chi connectivity index (χ2n) is 7.61. The van der Waals surface area contributed by atoms with Gasteiger partial charge in [-0.15, -0.1) is 11.3 Å². The number of aromatic nitrogens is 1. The van der Waals surface area contributed by atoms with Crippen LogP contribution < -0.4 is 9.64 Å². The van der Waals surface area contributed by atoms with E-state index in [9.17, 15) is 14.7 Å². The minimum absolute atomic E-state index is 0.0575. The third-order valence-corrected chi connectivity index (χ3v) is 7.38. The lowest BCUT2D eigenvalue weighted by molar-refractivity contribution is -0.132. The molecular weight excluding hydrogens is 456 g/mol. The van der Waals surface area contributed by atoms with Crippen LogP contribution in [0.3, 0.4) is 0 Å². The van der Waals surface area contributed by atoms with Crippen LogP contribution in [0.1, 0.15) is 29.0 Å². The van der Waals surface area contributed by atoms with Crippen LogP contribution in [0, 0.1) is 6.92 Å². The summed E-state index contributed by atoms with van der Waals surface area (Å²) in [4.78, 5) is 33.2. The van der Waals surface area contributed by atoms with Crippen molar-refractivity contribution >= 4 is 55.5 Å². The van der Waals surface area contributed by atoms with Crippen LogP contribution in [-0.2, 0) is 9.59 Å². The number of hydrogen-bond acceptors (Lipinski definition) is 7. The van der Waals surface area contributed by atoms with Crippen molar-refractivity contribution in [1.82, 2.24) is 4.98 Å². The van der Waals surface area contributed by atoms with Crippen molar-refractivity contribution in [3.8, 4) is 5.75 Å². The van der Waals surface area contributed by atoms with E-state index in [0.717, 1.165) is 20.7 Å². The van der Waals surface area contributed by atoms with Gasteiger partial charge in [-0.3, -0.25) is 14.5 Å². The first-order valence-electron chi connectivity index (χ1n) is 10.4. The number of thiophene rings is 1. The molecule has 0 radical (unpaired) electrons. The van der Waals surface area contributed by atoms with Crippen molar-refractivity contribution in [3.63, 3.8) is 0 Å². The van der Waals surface area contributed by atoms with Gasteiger partial charge in [0.2, 0.25) is 0 Å². The highest BCUT2D eigenvalue weighted by molar-refractivity contribution is 7.22. The Morgan fingerprint density at radius 2 is 1.94 bits per heavy atom. The third-order valence-electron chi connectivity index (χ3n) is 5.43. The number of ether oxygens (including phenoxy) is 1. The number of Topliss-reactive ketones (excluding diaryl/α,β-unsaturated/α-hetero) is 1. The van der Waals surface area contributed by atoms with Crippen molar-refractivity contribution in [2.75, 3.05) is 11.5 Å². The molecule has 33 heavy (non-hydrogen) atoms. The van der Waals surface area contributed by atoms with Crippen LogP contribution in [0.4, 0.5) is 5.13 Å². The minimum atomic E-state index is -0.752. The minimum Gasteiger partial charge on any atom is -0.507 e. The first-order chi connectivity index (χ1) is 16.0. The number of thiazole rings is 1. The SMILES string of the molecule is CCOc1ccc(/C(O)=C2\C(=O)C(=O)N(c3nc4ccc(C)cc4s3)C2c2cccs2)cc1. The fourth-order valence-corrected chi connectivity index (χ4v) is 5.81. The lowest BCUT2D eigenvalue weighted by atomic mass is 10.00. The van der Waals surface area contributed by atoms with Crippen LogP contribution >= 0.6 is 22.7 Å². The number of aliphatic hydroxyl groups excluding tert-OH is 1. The number of nitrogens with zero attached hydrogens (tertiary/aromatic N) is 2. The topological polar surface area (TPSA) is 79.7 Å². The second kappa shape index (κ2) is 8.46. The number of carbonyl (C=O) groups is 2. The van der Waals surface area contributed by atoms with Crippen LogP contribution in [0.2, 0.25) is 0 Å². The Hall–Kier alpha value is -3.49. The fraction of sp³-hybridized carbons (Fsp3) is 0.160. The number of rotatable bonds is 5. The van der Waals surface area contributed by atoms with Gasteiger partial charge in [-0.1, -0.05) is 23.5 Å². The van der Waals surface area contributed by atoms with E-state index in [-0.39, 0.29) is 11.3 Å². The number of aryl methyl sites for hydroxylation is 1. The molecule has 1 aliphatic heterocycles. The van der Waals surface area contributed by atoms with Crippen LogP contribution in [-0.4, -0.2) is 28.4 Å². The first-order valence-corrected chi connectivity index (χ1v) is 12.1. The van der Waals surface area contributed by atoms with E-state index in [1.165, 1.54) is 27.6 Å². The summed E-state index contributed by atoms with van der Waals surface area (Å²) in [5, 5.41) is 13.5. The summed E-state index contributed by atoms with van der Waals surface area (Å²) in [7, 11) is 0. The highest BCUT2D eigenvalue weighted by atomic mass is 32.1. The molecule has 1 atom stereocenters. The average molecular weight is 477 g/mol. The molecule has 4 aromatic rings. The van der Waals surface area contributed by atoms with Crippen molar-refractivity contribution in [3.05, 3.63) is 81.6 Å². The van der Waals surface area contributed by atoms with E-state index in [1.54, 1.807) is 24.3 Å². The zero-order valence-corrected chi connectivity index (χ0v) is 19.6. The molecule has 1 amide bonds. The Kier molecular flexibility index (Phi) is 5.47. The molecular formula is C25H20N2O4S2. The molecule has 0 aliphatic carbocycles.